The number of allylic oxidation sites excluding steroid dienone is 1. The molecule has 1 aromatic carbocycles. The van der Waals surface area contributed by atoms with Gasteiger partial charge in [0.15, 0.2) is 6.61 Å². The fourth-order valence-corrected chi connectivity index (χ4v) is 1.69. The zero-order chi connectivity index (χ0) is 14.0. The molecule has 0 bridgehead atoms. The van der Waals surface area contributed by atoms with Gasteiger partial charge in [-0.25, -0.2) is 4.79 Å². The molecule has 19 heavy (non-hydrogen) atoms. The molecule has 0 amide bonds. The SMILES string of the molecule is O=C1COC(=O)/C1=C(\O)Cc1ccc([N+](=O)[O-])cc1. The summed E-state index contributed by atoms with van der Waals surface area (Å²) in [5, 5.41) is 20.2. The van der Waals surface area contributed by atoms with Crippen molar-refractivity contribution in [1.82, 2.24) is 0 Å². The highest BCUT2D eigenvalue weighted by molar-refractivity contribution is 6.22. The molecule has 7 nitrogen and oxygen atoms in total. The third kappa shape index (κ3) is 2.59. The maximum atomic E-state index is 11.3. The van der Waals surface area contributed by atoms with Crippen LogP contribution in [0.1, 0.15) is 5.56 Å². The van der Waals surface area contributed by atoms with Crippen molar-refractivity contribution in [2.75, 3.05) is 6.61 Å². The second-order valence-corrected chi connectivity index (χ2v) is 3.92. The fourth-order valence-electron chi connectivity index (χ4n) is 1.69. The van der Waals surface area contributed by atoms with Gasteiger partial charge in [0.1, 0.15) is 11.3 Å². The molecule has 0 spiro atoms. The smallest absolute Gasteiger partial charge is 0.345 e. The number of cyclic esters (lactones) is 1. The van der Waals surface area contributed by atoms with Crippen LogP contribution in [0.3, 0.4) is 0 Å². The number of hydrogen-bond acceptors (Lipinski definition) is 6. The van der Waals surface area contributed by atoms with E-state index >= 15 is 0 Å². The molecular weight excluding hydrogens is 254 g/mol. The topological polar surface area (TPSA) is 107 Å². The van der Waals surface area contributed by atoms with Crippen molar-refractivity contribution in [3.63, 3.8) is 0 Å². The van der Waals surface area contributed by atoms with Crippen LogP contribution in [-0.2, 0) is 20.7 Å². The average Bonchev–Trinajstić information content (AvgIpc) is 2.69. The first-order valence-electron chi connectivity index (χ1n) is 5.35. The van der Waals surface area contributed by atoms with Gasteiger partial charge in [0, 0.05) is 18.6 Å². The lowest BCUT2D eigenvalue weighted by molar-refractivity contribution is -0.384. The molecule has 1 fully saturated rings. The van der Waals surface area contributed by atoms with Gasteiger partial charge in [0.05, 0.1) is 4.92 Å². The summed E-state index contributed by atoms with van der Waals surface area (Å²) in [6.45, 7) is -0.363. The number of aliphatic hydroxyl groups is 1. The normalized spacial score (nSPS) is 17.3. The van der Waals surface area contributed by atoms with Crippen LogP contribution in [0.15, 0.2) is 35.6 Å². The first-order chi connectivity index (χ1) is 8.99. The van der Waals surface area contributed by atoms with E-state index in [-0.39, 0.29) is 30.0 Å². The predicted octanol–water partition coefficient (Wildman–Crippen LogP) is 1.08. The molecule has 1 saturated heterocycles. The van der Waals surface area contributed by atoms with E-state index in [1.807, 2.05) is 0 Å². The van der Waals surface area contributed by atoms with Gasteiger partial charge in [-0.05, 0) is 5.56 Å². The summed E-state index contributed by atoms with van der Waals surface area (Å²) in [6.07, 6.45) is -0.0613. The van der Waals surface area contributed by atoms with Gasteiger partial charge in [0.25, 0.3) is 5.69 Å². The highest BCUT2D eigenvalue weighted by Gasteiger charge is 2.31. The van der Waals surface area contributed by atoms with Gasteiger partial charge in [-0.15, -0.1) is 0 Å². The molecule has 0 aliphatic carbocycles. The lowest BCUT2D eigenvalue weighted by Gasteiger charge is -2.02. The number of aliphatic hydroxyl groups excluding tert-OH is 1. The molecular formula is C12H9NO6. The van der Waals surface area contributed by atoms with Crippen LogP contribution in [0.4, 0.5) is 5.69 Å². The Morgan fingerprint density at radius 2 is 1.95 bits per heavy atom. The Morgan fingerprint density at radius 3 is 2.42 bits per heavy atom. The van der Waals surface area contributed by atoms with Gasteiger partial charge in [0.2, 0.25) is 5.78 Å². The van der Waals surface area contributed by atoms with E-state index in [1.54, 1.807) is 0 Å². The number of carbonyl (C=O) groups is 2. The number of esters is 1. The Balaban J connectivity index is 2.21. The summed E-state index contributed by atoms with van der Waals surface area (Å²) >= 11 is 0. The average molecular weight is 263 g/mol. The minimum atomic E-state index is -0.843. The number of carbonyl (C=O) groups excluding carboxylic acids is 2. The summed E-state index contributed by atoms with van der Waals surface area (Å²) in [5.74, 6) is -1.80. The van der Waals surface area contributed by atoms with Crippen LogP contribution >= 0.6 is 0 Å². The third-order valence-corrected chi connectivity index (χ3v) is 2.62. The molecule has 0 radical (unpaired) electrons. The van der Waals surface area contributed by atoms with Crippen LogP contribution in [-0.4, -0.2) is 28.4 Å². The Labute approximate surface area is 107 Å². The second-order valence-electron chi connectivity index (χ2n) is 3.92. The van der Waals surface area contributed by atoms with Crippen molar-refractivity contribution in [3.8, 4) is 0 Å². The minimum absolute atomic E-state index is 0.0613. The molecule has 1 N–H and O–H groups in total. The van der Waals surface area contributed by atoms with E-state index in [2.05, 4.69) is 4.74 Å². The number of ether oxygens (including phenoxy) is 1. The van der Waals surface area contributed by atoms with Gasteiger partial charge in [-0.1, -0.05) is 12.1 Å². The standard InChI is InChI=1S/C12H9NO6/c14-9(11-10(15)6-19-12(11)16)5-7-1-3-8(4-2-7)13(17)18/h1-4,14H,5-6H2/b11-9-. The van der Waals surface area contributed by atoms with Crippen LogP contribution in [0.25, 0.3) is 0 Å². The van der Waals surface area contributed by atoms with Crippen molar-refractivity contribution in [3.05, 3.63) is 51.3 Å². The second kappa shape index (κ2) is 4.89. The molecule has 1 aliphatic rings. The van der Waals surface area contributed by atoms with E-state index in [1.165, 1.54) is 24.3 Å². The zero-order valence-corrected chi connectivity index (χ0v) is 9.66. The highest BCUT2D eigenvalue weighted by Crippen LogP contribution is 2.18. The molecule has 1 heterocycles. The van der Waals surface area contributed by atoms with Crippen LogP contribution in [0.2, 0.25) is 0 Å². The first kappa shape index (κ1) is 12.7. The summed E-state index contributed by atoms with van der Waals surface area (Å²) in [4.78, 5) is 32.4. The van der Waals surface area contributed by atoms with Crippen molar-refractivity contribution in [2.24, 2.45) is 0 Å². The van der Waals surface area contributed by atoms with Gasteiger partial charge >= 0.3 is 5.97 Å². The van der Waals surface area contributed by atoms with E-state index in [4.69, 9.17) is 0 Å². The first-order valence-corrected chi connectivity index (χ1v) is 5.35. The van der Waals surface area contributed by atoms with E-state index < -0.39 is 16.7 Å². The Hall–Kier alpha value is -2.70. The van der Waals surface area contributed by atoms with Crippen molar-refractivity contribution < 1.29 is 24.4 Å². The lowest BCUT2D eigenvalue weighted by Crippen LogP contribution is -2.07. The quantitative estimate of drug-likeness (QED) is 0.218. The van der Waals surface area contributed by atoms with Gasteiger partial charge in [-0.2, -0.15) is 0 Å². The van der Waals surface area contributed by atoms with E-state index in [0.717, 1.165) is 0 Å². The van der Waals surface area contributed by atoms with Crippen LogP contribution in [0.5, 0.6) is 0 Å². The van der Waals surface area contributed by atoms with Crippen molar-refractivity contribution in [2.45, 2.75) is 6.42 Å². The third-order valence-electron chi connectivity index (χ3n) is 2.62. The van der Waals surface area contributed by atoms with Crippen LogP contribution < -0.4 is 0 Å². The van der Waals surface area contributed by atoms with Gasteiger partial charge < -0.3 is 9.84 Å². The number of benzene rings is 1. The Bertz CT molecular complexity index is 569. The summed E-state index contributed by atoms with van der Waals surface area (Å²) in [7, 11) is 0. The summed E-state index contributed by atoms with van der Waals surface area (Å²) in [6, 6.07) is 5.45. The number of hydrogen-bond donors (Lipinski definition) is 1. The van der Waals surface area contributed by atoms with Crippen molar-refractivity contribution in [1.29, 1.82) is 0 Å². The molecule has 0 aromatic heterocycles. The number of nitrogens with zero attached hydrogens (tertiary/aromatic N) is 1. The number of Topliss-reactive ketones (excluding diaryl/α,β-unsaturated/α-hetero) is 1. The fraction of sp³-hybridized carbons (Fsp3) is 0.167. The summed E-state index contributed by atoms with van der Waals surface area (Å²) < 4.78 is 4.49. The van der Waals surface area contributed by atoms with Gasteiger partial charge in [-0.3, -0.25) is 14.9 Å². The molecule has 0 saturated carbocycles. The molecule has 98 valence electrons. The number of non-ortho nitro benzene ring substituents is 1. The van der Waals surface area contributed by atoms with Crippen LogP contribution in [0, 0.1) is 10.1 Å². The molecule has 1 aromatic rings. The predicted molar refractivity (Wildman–Crippen MR) is 62.4 cm³/mol. The van der Waals surface area contributed by atoms with E-state index in [0.29, 0.717) is 5.56 Å². The number of nitro benzene ring substituents is 1. The highest BCUT2D eigenvalue weighted by atomic mass is 16.6. The molecule has 0 unspecified atom stereocenters. The molecule has 1 aliphatic heterocycles. The molecule has 0 atom stereocenters. The van der Waals surface area contributed by atoms with Crippen molar-refractivity contribution >= 4 is 17.4 Å². The number of nitro groups is 1. The molecule has 7 heteroatoms. The number of rotatable bonds is 3. The maximum Gasteiger partial charge on any atom is 0.345 e. The monoisotopic (exact) mass is 263 g/mol. The minimum Gasteiger partial charge on any atom is -0.511 e. The number of ketones is 1. The zero-order valence-electron chi connectivity index (χ0n) is 9.66. The Morgan fingerprint density at radius 1 is 1.32 bits per heavy atom. The lowest BCUT2D eigenvalue weighted by atomic mass is 10.1. The Kier molecular flexibility index (Phi) is 3.28. The summed E-state index contributed by atoms with van der Waals surface area (Å²) in [5.41, 5.74) is 0.119. The molecule has 2 rings (SSSR count). The maximum absolute atomic E-state index is 11.3. The van der Waals surface area contributed by atoms with E-state index in [9.17, 15) is 24.8 Å². The largest absolute Gasteiger partial charge is 0.511 e.